The number of hydrogen-bond acceptors (Lipinski definition) is 6. The van der Waals surface area contributed by atoms with Crippen molar-refractivity contribution in [2.24, 2.45) is 0 Å². The summed E-state index contributed by atoms with van der Waals surface area (Å²) in [5.41, 5.74) is 3.58. The monoisotopic (exact) mass is 440 g/mol. The summed E-state index contributed by atoms with van der Waals surface area (Å²) in [6.45, 7) is 1.85. The smallest absolute Gasteiger partial charge is 0.260 e. The van der Waals surface area contributed by atoms with Gasteiger partial charge in [-0.15, -0.1) is 0 Å². The Morgan fingerprint density at radius 3 is 2.75 bits per heavy atom. The van der Waals surface area contributed by atoms with Gasteiger partial charge in [-0.1, -0.05) is 12.1 Å². The van der Waals surface area contributed by atoms with Crippen LogP contribution in [0.2, 0.25) is 0 Å². The van der Waals surface area contributed by atoms with Crippen LogP contribution in [-0.2, 0) is 24.2 Å². The molecule has 2 aliphatic rings. The topological polar surface area (TPSA) is 102 Å². The van der Waals surface area contributed by atoms with E-state index >= 15 is 0 Å². The minimum Gasteiger partial charge on any atom is -0.508 e. The zero-order chi connectivity index (χ0) is 22.5. The van der Waals surface area contributed by atoms with E-state index in [1.807, 2.05) is 17.0 Å². The van der Waals surface area contributed by atoms with E-state index in [9.17, 15) is 20.1 Å². The molecule has 1 aliphatic carbocycles. The fourth-order valence-electron chi connectivity index (χ4n) is 4.54. The predicted octanol–water partition coefficient (Wildman–Crippen LogP) is 2.07. The molecule has 0 aromatic heterocycles. The Kier molecular flexibility index (Phi) is 7.29. The summed E-state index contributed by atoms with van der Waals surface area (Å²) in [5, 5.41) is 33.0. The Morgan fingerprint density at radius 1 is 1.16 bits per heavy atom. The molecule has 1 fully saturated rings. The second kappa shape index (κ2) is 10.3. The Balaban J connectivity index is 1.30. The first-order chi connectivity index (χ1) is 15.5. The minimum atomic E-state index is -0.728. The molecule has 1 aliphatic heterocycles. The van der Waals surface area contributed by atoms with Crippen LogP contribution in [0.25, 0.3) is 0 Å². The van der Waals surface area contributed by atoms with E-state index in [1.165, 1.54) is 17.2 Å². The van der Waals surface area contributed by atoms with Gasteiger partial charge in [-0.05, 0) is 73.1 Å². The molecule has 0 bridgehead atoms. The number of benzene rings is 2. The maximum absolute atomic E-state index is 12.2. The van der Waals surface area contributed by atoms with Crippen LogP contribution < -0.4 is 10.1 Å². The fourth-order valence-corrected chi connectivity index (χ4v) is 4.54. The lowest BCUT2D eigenvalue weighted by Crippen LogP contribution is -2.37. The van der Waals surface area contributed by atoms with Crippen LogP contribution in [0.4, 0.5) is 0 Å². The lowest BCUT2D eigenvalue weighted by molar-refractivity contribution is -0.132. The number of phenols is 1. The molecule has 4 N–H and O–H groups in total. The average molecular weight is 441 g/mol. The van der Waals surface area contributed by atoms with Crippen LogP contribution in [0.1, 0.15) is 47.6 Å². The van der Waals surface area contributed by atoms with Crippen molar-refractivity contribution in [3.05, 3.63) is 58.7 Å². The highest BCUT2D eigenvalue weighted by Gasteiger charge is 2.21. The SMILES string of the molecule is O=C(COc1ccc2c(c1)C[C@@H](NC[C@@H](O)c1ccc(O)c(CO)c1)CC2)N1CCCC1. The zero-order valence-electron chi connectivity index (χ0n) is 18.3. The van der Waals surface area contributed by atoms with Crippen LogP contribution in [0, 0.1) is 0 Å². The third-order valence-corrected chi connectivity index (χ3v) is 6.49. The van der Waals surface area contributed by atoms with Crippen LogP contribution in [0.3, 0.4) is 0 Å². The molecule has 0 unspecified atom stereocenters. The van der Waals surface area contributed by atoms with Crippen molar-refractivity contribution in [2.45, 2.75) is 50.9 Å². The van der Waals surface area contributed by atoms with Gasteiger partial charge in [0, 0.05) is 31.2 Å². The maximum Gasteiger partial charge on any atom is 0.260 e. The first kappa shape index (κ1) is 22.6. The fraction of sp³-hybridized carbons (Fsp3) is 0.480. The number of carbonyl (C=O) groups is 1. The van der Waals surface area contributed by atoms with Crippen LogP contribution in [0.5, 0.6) is 11.5 Å². The summed E-state index contributed by atoms with van der Waals surface area (Å²) in [7, 11) is 0. The van der Waals surface area contributed by atoms with Gasteiger partial charge < -0.3 is 30.3 Å². The second-order valence-corrected chi connectivity index (χ2v) is 8.72. The molecule has 172 valence electrons. The van der Waals surface area contributed by atoms with Gasteiger partial charge in [-0.25, -0.2) is 0 Å². The van der Waals surface area contributed by atoms with Crippen LogP contribution >= 0.6 is 0 Å². The summed E-state index contributed by atoms with van der Waals surface area (Å²) < 4.78 is 5.78. The van der Waals surface area contributed by atoms with E-state index < -0.39 is 6.10 Å². The Bertz CT molecular complexity index is 942. The summed E-state index contributed by atoms with van der Waals surface area (Å²) in [6, 6.07) is 11.1. The molecule has 2 aromatic rings. The van der Waals surface area contributed by atoms with Crippen LogP contribution in [0.15, 0.2) is 36.4 Å². The van der Waals surface area contributed by atoms with E-state index in [0.717, 1.165) is 50.9 Å². The standard InChI is InChI=1S/C25H32N2O5/c28-15-20-11-18(5-8-23(20)29)24(30)14-26-21-6-3-17-4-7-22(13-19(17)12-21)32-16-25(31)27-9-1-2-10-27/h4-5,7-8,11,13,21,24,26,28-30H,1-3,6,9-10,12,14-16H2/t21-,24+/m0/s1. The normalized spacial score (nSPS) is 18.9. The van der Waals surface area contributed by atoms with Gasteiger partial charge in [0.2, 0.25) is 0 Å². The Hall–Kier alpha value is -2.61. The van der Waals surface area contributed by atoms with E-state index in [1.54, 1.807) is 12.1 Å². The largest absolute Gasteiger partial charge is 0.508 e. The van der Waals surface area contributed by atoms with Gasteiger partial charge in [0.25, 0.3) is 5.91 Å². The second-order valence-electron chi connectivity index (χ2n) is 8.72. The number of ether oxygens (including phenoxy) is 1. The summed E-state index contributed by atoms with van der Waals surface area (Å²) in [6.07, 6.45) is 4.17. The number of aryl methyl sites for hydroxylation is 1. The highest BCUT2D eigenvalue weighted by molar-refractivity contribution is 5.78. The van der Waals surface area contributed by atoms with E-state index in [4.69, 9.17) is 4.74 Å². The number of rotatable bonds is 8. The van der Waals surface area contributed by atoms with Crippen molar-refractivity contribution < 1.29 is 24.9 Å². The number of amides is 1. The number of aliphatic hydroxyl groups is 2. The number of likely N-dealkylation sites (tertiary alicyclic amines) is 1. The number of fused-ring (bicyclic) bond motifs is 1. The van der Waals surface area contributed by atoms with Gasteiger partial charge in [0.1, 0.15) is 11.5 Å². The average Bonchev–Trinajstić information content (AvgIpc) is 3.36. The van der Waals surface area contributed by atoms with E-state index in [0.29, 0.717) is 17.7 Å². The first-order valence-electron chi connectivity index (χ1n) is 11.4. The van der Waals surface area contributed by atoms with E-state index in [-0.39, 0.29) is 30.9 Å². The highest BCUT2D eigenvalue weighted by Crippen LogP contribution is 2.27. The molecular formula is C25H32N2O5. The van der Waals surface area contributed by atoms with Gasteiger partial charge >= 0.3 is 0 Å². The number of carbonyl (C=O) groups excluding carboxylic acids is 1. The third kappa shape index (κ3) is 5.41. The number of nitrogens with zero attached hydrogens (tertiary/aromatic N) is 1. The van der Waals surface area contributed by atoms with Crippen molar-refractivity contribution in [2.75, 3.05) is 26.2 Å². The molecule has 0 saturated carbocycles. The molecule has 7 heteroatoms. The molecule has 0 spiro atoms. The molecule has 2 aromatic carbocycles. The van der Waals surface area contributed by atoms with Gasteiger partial charge in [0.15, 0.2) is 6.61 Å². The molecule has 1 heterocycles. The summed E-state index contributed by atoms with van der Waals surface area (Å²) in [5.74, 6) is 0.797. The predicted molar refractivity (Wildman–Crippen MR) is 121 cm³/mol. The van der Waals surface area contributed by atoms with Crippen molar-refractivity contribution in [3.8, 4) is 11.5 Å². The molecule has 4 rings (SSSR count). The molecule has 2 atom stereocenters. The molecular weight excluding hydrogens is 408 g/mol. The van der Waals surface area contributed by atoms with Gasteiger partial charge in [0.05, 0.1) is 12.7 Å². The van der Waals surface area contributed by atoms with Crippen molar-refractivity contribution in [1.29, 1.82) is 0 Å². The molecule has 32 heavy (non-hydrogen) atoms. The minimum absolute atomic E-state index is 0.0282. The Labute approximate surface area is 188 Å². The molecule has 0 radical (unpaired) electrons. The molecule has 1 amide bonds. The van der Waals surface area contributed by atoms with Crippen molar-refractivity contribution in [3.63, 3.8) is 0 Å². The third-order valence-electron chi connectivity index (χ3n) is 6.49. The summed E-state index contributed by atoms with van der Waals surface area (Å²) in [4.78, 5) is 14.1. The Morgan fingerprint density at radius 2 is 1.97 bits per heavy atom. The number of aliphatic hydroxyl groups excluding tert-OH is 2. The highest BCUT2D eigenvalue weighted by atomic mass is 16.5. The lowest BCUT2D eigenvalue weighted by Gasteiger charge is -2.27. The van der Waals surface area contributed by atoms with Gasteiger partial charge in [-0.2, -0.15) is 0 Å². The summed E-state index contributed by atoms with van der Waals surface area (Å²) >= 11 is 0. The number of aromatic hydroxyl groups is 1. The maximum atomic E-state index is 12.2. The zero-order valence-corrected chi connectivity index (χ0v) is 18.3. The molecule has 7 nitrogen and oxygen atoms in total. The number of hydrogen-bond donors (Lipinski definition) is 4. The molecule has 1 saturated heterocycles. The lowest BCUT2D eigenvalue weighted by atomic mass is 9.88. The van der Waals surface area contributed by atoms with Crippen molar-refractivity contribution >= 4 is 5.91 Å². The van der Waals surface area contributed by atoms with Gasteiger partial charge in [-0.3, -0.25) is 4.79 Å². The van der Waals surface area contributed by atoms with Crippen LogP contribution in [-0.4, -0.2) is 58.4 Å². The van der Waals surface area contributed by atoms with E-state index in [2.05, 4.69) is 11.4 Å². The first-order valence-corrected chi connectivity index (χ1v) is 11.4. The quantitative estimate of drug-likeness (QED) is 0.501. The van der Waals surface area contributed by atoms with Crippen molar-refractivity contribution in [1.82, 2.24) is 10.2 Å². The number of nitrogens with one attached hydrogen (secondary N) is 1.